The molecule has 0 bridgehead atoms. The smallest absolute Gasteiger partial charge is 0.337 e. The van der Waals surface area contributed by atoms with Crippen LogP contribution in [0.1, 0.15) is 10.4 Å². The first kappa shape index (κ1) is 18.4. The van der Waals surface area contributed by atoms with Gasteiger partial charge in [-0.25, -0.2) is 9.18 Å². The number of β-amino-alcohol motifs (C(OH)–C–C–N with tert-alkyl or cyclic N) is 1. The molecular formula is C16H18FN3O5. The summed E-state index contributed by atoms with van der Waals surface area (Å²) in [6, 6.07) is 3.70. The Labute approximate surface area is 143 Å². The van der Waals surface area contributed by atoms with E-state index in [9.17, 15) is 18.8 Å². The number of aliphatic hydroxyl groups excluding tert-OH is 1. The molecule has 3 N–H and O–H groups in total. The Hall–Kier alpha value is -2.94. The third kappa shape index (κ3) is 3.77. The van der Waals surface area contributed by atoms with E-state index in [4.69, 9.17) is 5.11 Å². The summed E-state index contributed by atoms with van der Waals surface area (Å²) in [5, 5.41) is 14.0. The molecule has 0 saturated carbocycles. The first-order valence-electron chi connectivity index (χ1n) is 7.43. The topological polar surface area (TPSA) is 108 Å². The average molecular weight is 351 g/mol. The number of amides is 2. The molecule has 9 heteroatoms. The summed E-state index contributed by atoms with van der Waals surface area (Å²) in [7, 11) is 2.59. The van der Waals surface area contributed by atoms with Crippen molar-refractivity contribution in [2.24, 2.45) is 0 Å². The van der Waals surface area contributed by atoms with Gasteiger partial charge >= 0.3 is 5.97 Å². The molecule has 25 heavy (non-hydrogen) atoms. The van der Waals surface area contributed by atoms with Gasteiger partial charge in [0.15, 0.2) is 0 Å². The number of halogens is 1. The van der Waals surface area contributed by atoms with Crippen molar-refractivity contribution in [2.45, 2.75) is 0 Å². The largest absolute Gasteiger partial charge is 0.466 e. The first-order valence-corrected chi connectivity index (χ1v) is 7.43. The van der Waals surface area contributed by atoms with E-state index in [0.717, 1.165) is 6.07 Å². The van der Waals surface area contributed by atoms with Crippen LogP contribution >= 0.6 is 0 Å². The van der Waals surface area contributed by atoms with Gasteiger partial charge in [-0.05, 0) is 18.2 Å². The minimum atomic E-state index is -0.758. The molecule has 1 aromatic carbocycles. The molecule has 0 aromatic heterocycles. The highest BCUT2D eigenvalue weighted by Crippen LogP contribution is 2.24. The number of nitrogens with one attached hydrogen (secondary N) is 2. The molecule has 134 valence electrons. The van der Waals surface area contributed by atoms with Crippen LogP contribution in [-0.2, 0) is 14.3 Å². The molecule has 0 radical (unpaired) electrons. The molecule has 1 aliphatic heterocycles. The highest BCUT2D eigenvalue weighted by Gasteiger charge is 2.34. The second-order valence-corrected chi connectivity index (χ2v) is 5.19. The van der Waals surface area contributed by atoms with Gasteiger partial charge in [-0.15, -0.1) is 0 Å². The van der Waals surface area contributed by atoms with Crippen molar-refractivity contribution >= 4 is 23.5 Å². The minimum absolute atomic E-state index is 0.0304. The van der Waals surface area contributed by atoms with Gasteiger partial charge in [-0.1, -0.05) is 0 Å². The predicted octanol–water partition coefficient (Wildman–Crippen LogP) is -0.141. The lowest BCUT2D eigenvalue weighted by Crippen LogP contribution is -2.31. The number of ether oxygens (including phenoxy) is 1. The van der Waals surface area contributed by atoms with Gasteiger partial charge in [0.2, 0.25) is 0 Å². The quantitative estimate of drug-likeness (QED) is 0.616. The van der Waals surface area contributed by atoms with Crippen LogP contribution in [0.2, 0.25) is 0 Å². The summed E-state index contributed by atoms with van der Waals surface area (Å²) >= 11 is 0. The summed E-state index contributed by atoms with van der Waals surface area (Å²) in [6.45, 7) is -0.294. The van der Waals surface area contributed by atoms with Crippen molar-refractivity contribution < 1.29 is 28.6 Å². The monoisotopic (exact) mass is 351 g/mol. The van der Waals surface area contributed by atoms with Gasteiger partial charge in [-0.2, -0.15) is 0 Å². The molecule has 0 fully saturated rings. The van der Waals surface area contributed by atoms with Gasteiger partial charge in [0.25, 0.3) is 11.8 Å². The van der Waals surface area contributed by atoms with Gasteiger partial charge in [-0.3, -0.25) is 9.59 Å². The Balaban J connectivity index is 2.33. The molecule has 2 amide bonds. The molecule has 0 aliphatic carbocycles. The van der Waals surface area contributed by atoms with E-state index >= 15 is 0 Å². The number of anilines is 1. The zero-order valence-electron chi connectivity index (χ0n) is 13.8. The number of carbonyl (C=O) groups is 3. The highest BCUT2D eigenvalue weighted by molar-refractivity contribution is 6.08. The summed E-state index contributed by atoms with van der Waals surface area (Å²) in [5.74, 6) is -2.49. The lowest BCUT2D eigenvalue weighted by Gasteiger charge is -2.15. The van der Waals surface area contributed by atoms with E-state index < -0.39 is 23.6 Å². The van der Waals surface area contributed by atoms with Crippen LogP contribution < -0.4 is 10.6 Å². The van der Waals surface area contributed by atoms with E-state index in [-0.39, 0.29) is 42.2 Å². The first-order chi connectivity index (χ1) is 11.9. The molecule has 8 nitrogen and oxygen atoms in total. The van der Waals surface area contributed by atoms with E-state index in [1.165, 1.54) is 31.2 Å². The molecule has 0 saturated heterocycles. The summed E-state index contributed by atoms with van der Waals surface area (Å²) in [6.07, 6.45) is 0. The minimum Gasteiger partial charge on any atom is -0.466 e. The number of hydrogen-bond donors (Lipinski definition) is 3. The molecule has 2 rings (SSSR count). The van der Waals surface area contributed by atoms with Crippen LogP contribution in [0, 0.1) is 5.82 Å². The number of rotatable bonds is 6. The van der Waals surface area contributed by atoms with E-state index in [0.29, 0.717) is 0 Å². The van der Waals surface area contributed by atoms with Crippen LogP contribution in [-0.4, -0.2) is 61.6 Å². The molecule has 0 unspecified atom stereocenters. The molecule has 0 spiro atoms. The lowest BCUT2D eigenvalue weighted by molar-refractivity contribution is -0.136. The summed E-state index contributed by atoms with van der Waals surface area (Å²) in [4.78, 5) is 37.0. The predicted molar refractivity (Wildman–Crippen MR) is 86.1 cm³/mol. The number of methoxy groups -OCH3 is 1. The molecular weight excluding hydrogens is 333 g/mol. The third-order valence-electron chi connectivity index (χ3n) is 3.67. The van der Waals surface area contributed by atoms with Gasteiger partial charge in [0.1, 0.15) is 11.5 Å². The van der Waals surface area contributed by atoms with Crippen LogP contribution in [0.25, 0.3) is 0 Å². The third-order valence-corrected chi connectivity index (χ3v) is 3.67. The maximum Gasteiger partial charge on any atom is 0.337 e. The van der Waals surface area contributed by atoms with Crippen LogP contribution in [0.5, 0.6) is 0 Å². The van der Waals surface area contributed by atoms with Gasteiger partial charge < -0.3 is 25.4 Å². The number of hydrogen-bond acceptors (Lipinski definition) is 6. The van der Waals surface area contributed by atoms with Crippen molar-refractivity contribution in [3.63, 3.8) is 0 Å². The standard InChI is InChI=1S/C16H18FN3O5/c1-18-14(22)9-3-4-12(11(17)7-9)19-13-10(16(24)25-2)8-20(5-6-21)15(13)23/h3-4,7,19,21H,5-6,8H2,1-2H3,(H,18,22). The average Bonchev–Trinajstić information content (AvgIpc) is 2.92. The Bertz CT molecular complexity index is 747. The van der Waals surface area contributed by atoms with Crippen molar-refractivity contribution in [3.8, 4) is 0 Å². The number of carbonyl (C=O) groups excluding carboxylic acids is 3. The van der Waals surface area contributed by atoms with Crippen LogP contribution in [0.3, 0.4) is 0 Å². The second-order valence-electron chi connectivity index (χ2n) is 5.19. The van der Waals surface area contributed by atoms with E-state index in [2.05, 4.69) is 15.4 Å². The maximum atomic E-state index is 14.2. The van der Waals surface area contributed by atoms with E-state index in [1.54, 1.807) is 0 Å². The van der Waals surface area contributed by atoms with Crippen LogP contribution in [0.4, 0.5) is 10.1 Å². The van der Waals surface area contributed by atoms with Gasteiger partial charge in [0, 0.05) is 19.2 Å². The summed E-state index contributed by atoms with van der Waals surface area (Å²) < 4.78 is 18.9. The number of esters is 1. The maximum absolute atomic E-state index is 14.2. The molecule has 1 aliphatic rings. The molecule has 1 heterocycles. The van der Waals surface area contributed by atoms with Gasteiger partial charge in [0.05, 0.1) is 31.5 Å². The highest BCUT2D eigenvalue weighted by atomic mass is 19.1. The van der Waals surface area contributed by atoms with Crippen LogP contribution in [0.15, 0.2) is 29.5 Å². The van der Waals surface area contributed by atoms with E-state index in [1.807, 2.05) is 0 Å². The number of nitrogens with zero attached hydrogens (tertiary/aromatic N) is 1. The lowest BCUT2D eigenvalue weighted by atomic mass is 10.1. The summed E-state index contributed by atoms with van der Waals surface area (Å²) in [5.41, 5.74) is -0.0294. The molecule has 0 atom stereocenters. The Morgan fingerprint density at radius 2 is 2.12 bits per heavy atom. The fourth-order valence-electron chi connectivity index (χ4n) is 2.39. The van der Waals surface area contributed by atoms with Crippen molar-refractivity contribution in [1.29, 1.82) is 0 Å². The second kappa shape index (κ2) is 7.75. The fraction of sp³-hybridized carbons (Fsp3) is 0.312. The SMILES string of the molecule is CNC(=O)c1ccc(NC2=C(C(=O)OC)CN(CCO)C2=O)c(F)c1. The Morgan fingerprint density at radius 3 is 2.68 bits per heavy atom. The zero-order valence-corrected chi connectivity index (χ0v) is 13.8. The normalized spacial score (nSPS) is 13.9. The number of aliphatic hydroxyl groups is 1. The van der Waals surface area contributed by atoms with Crippen molar-refractivity contribution in [3.05, 3.63) is 40.8 Å². The molecule has 1 aromatic rings. The van der Waals surface area contributed by atoms with Crippen molar-refractivity contribution in [1.82, 2.24) is 10.2 Å². The zero-order chi connectivity index (χ0) is 18.6. The Morgan fingerprint density at radius 1 is 1.40 bits per heavy atom. The number of benzene rings is 1. The Kier molecular flexibility index (Phi) is 5.71. The fourth-order valence-corrected chi connectivity index (χ4v) is 2.39. The van der Waals surface area contributed by atoms with Crippen molar-refractivity contribution in [2.75, 3.05) is 39.2 Å².